The number of aromatic nitrogens is 2. The second-order valence-electron chi connectivity index (χ2n) is 4.88. The van der Waals surface area contributed by atoms with Gasteiger partial charge in [0.15, 0.2) is 5.58 Å². The van der Waals surface area contributed by atoms with E-state index in [0.717, 1.165) is 16.7 Å². The Bertz CT molecular complexity index is 839. The van der Waals surface area contributed by atoms with E-state index in [1.807, 2.05) is 41.0 Å². The summed E-state index contributed by atoms with van der Waals surface area (Å²) >= 11 is 5.20. The molecule has 0 fully saturated rings. The number of benzene rings is 1. The highest BCUT2D eigenvalue weighted by atomic mass is 32.1. The van der Waals surface area contributed by atoms with Gasteiger partial charge in [-0.2, -0.15) is 0 Å². The van der Waals surface area contributed by atoms with Crippen LogP contribution in [0, 0.1) is 4.84 Å². The smallest absolute Gasteiger partial charge is 0.269 e. The fourth-order valence-corrected chi connectivity index (χ4v) is 2.51. The summed E-state index contributed by atoms with van der Waals surface area (Å²) in [7, 11) is 0. The van der Waals surface area contributed by atoms with Gasteiger partial charge in [-0.3, -0.25) is 14.3 Å². The fourth-order valence-electron chi connectivity index (χ4n) is 2.23. The highest BCUT2D eigenvalue weighted by Gasteiger charge is 2.08. The van der Waals surface area contributed by atoms with Crippen LogP contribution in [0.1, 0.15) is 12.0 Å². The van der Waals surface area contributed by atoms with E-state index >= 15 is 0 Å². The third-order valence-electron chi connectivity index (χ3n) is 3.35. The summed E-state index contributed by atoms with van der Waals surface area (Å²) in [6.07, 6.45) is 3.79. The number of carbonyl (C=O) groups excluding carboxylic acids is 1. The number of carbonyl (C=O) groups is 1. The summed E-state index contributed by atoms with van der Waals surface area (Å²) in [6.45, 7) is 0.971. The molecule has 6 heteroatoms. The minimum absolute atomic E-state index is 0.0314. The predicted octanol–water partition coefficient (Wildman–Crippen LogP) is 3.07. The van der Waals surface area contributed by atoms with E-state index in [4.69, 9.17) is 16.6 Å². The maximum absolute atomic E-state index is 11.9. The van der Waals surface area contributed by atoms with Crippen molar-refractivity contribution in [2.24, 2.45) is 0 Å². The van der Waals surface area contributed by atoms with Crippen LogP contribution in [0.4, 0.5) is 0 Å². The molecule has 0 bridgehead atoms. The molecule has 0 unspecified atom stereocenters. The molecule has 1 aromatic carbocycles. The minimum Gasteiger partial charge on any atom is -0.429 e. The van der Waals surface area contributed by atoms with Crippen LogP contribution in [0.2, 0.25) is 0 Å². The van der Waals surface area contributed by atoms with E-state index in [0.29, 0.717) is 24.3 Å². The molecule has 5 nitrogen and oxygen atoms in total. The summed E-state index contributed by atoms with van der Waals surface area (Å²) in [5, 5.41) is 2.87. The van der Waals surface area contributed by atoms with Crippen molar-refractivity contribution < 1.29 is 9.21 Å². The largest absolute Gasteiger partial charge is 0.429 e. The van der Waals surface area contributed by atoms with Gasteiger partial charge in [0.1, 0.15) is 0 Å². The first-order valence-electron chi connectivity index (χ1n) is 6.98. The van der Waals surface area contributed by atoms with Gasteiger partial charge in [0.05, 0.1) is 5.52 Å². The van der Waals surface area contributed by atoms with Gasteiger partial charge in [0.2, 0.25) is 5.91 Å². The van der Waals surface area contributed by atoms with Gasteiger partial charge >= 0.3 is 0 Å². The van der Waals surface area contributed by atoms with Crippen LogP contribution < -0.4 is 5.32 Å². The molecule has 0 spiro atoms. The molecule has 0 radical (unpaired) electrons. The first-order valence-corrected chi connectivity index (χ1v) is 7.39. The Morgan fingerprint density at radius 1 is 1.27 bits per heavy atom. The molecule has 2 aromatic heterocycles. The number of rotatable bonds is 5. The molecule has 0 atom stereocenters. The number of nitrogens with one attached hydrogen (secondary N) is 1. The van der Waals surface area contributed by atoms with E-state index in [2.05, 4.69) is 10.3 Å². The third kappa shape index (κ3) is 3.23. The van der Waals surface area contributed by atoms with Crippen molar-refractivity contribution in [3.63, 3.8) is 0 Å². The molecular weight excluding hydrogens is 298 g/mol. The summed E-state index contributed by atoms with van der Waals surface area (Å²) in [5.41, 5.74) is 2.62. The average molecular weight is 313 g/mol. The Balaban J connectivity index is 1.61. The zero-order chi connectivity index (χ0) is 15.4. The van der Waals surface area contributed by atoms with Crippen LogP contribution in [-0.2, 0) is 17.9 Å². The van der Waals surface area contributed by atoms with Gasteiger partial charge in [-0.1, -0.05) is 18.2 Å². The lowest BCUT2D eigenvalue weighted by atomic mass is 10.3. The third-order valence-corrected chi connectivity index (χ3v) is 3.65. The number of aryl methyl sites for hydroxylation is 1. The number of oxazole rings is 1. The van der Waals surface area contributed by atoms with Gasteiger partial charge in [0, 0.05) is 31.9 Å². The van der Waals surface area contributed by atoms with E-state index in [1.54, 1.807) is 12.4 Å². The van der Waals surface area contributed by atoms with Crippen LogP contribution in [-0.4, -0.2) is 15.5 Å². The Labute approximate surface area is 132 Å². The molecule has 22 heavy (non-hydrogen) atoms. The maximum atomic E-state index is 11.9. The molecule has 2 heterocycles. The topological polar surface area (TPSA) is 60.1 Å². The summed E-state index contributed by atoms with van der Waals surface area (Å²) in [5.74, 6) is -0.0314. The van der Waals surface area contributed by atoms with Crippen LogP contribution >= 0.6 is 12.2 Å². The molecule has 0 aliphatic rings. The minimum atomic E-state index is -0.0314. The lowest BCUT2D eigenvalue weighted by Crippen LogP contribution is -2.23. The van der Waals surface area contributed by atoms with Gasteiger partial charge < -0.3 is 9.73 Å². The van der Waals surface area contributed by atoms with Crippen molar-refractivity contribution in [3.8, 4) is 0 Å². The molecule has 3 aromatic rings. The highest BCUT2D eigenvalue weighted by Crippen LogP contribution is 2.17. The number of pyridine rings is 1. The predicted molar refractivity (Wildman–Crippen MR) is 85.7 cm³/mol. The van der Waals surface area contributed by atoms with E-state index in [1.165, 1.54) is 0 Å². The molecule has 1 N–H and O–H groups in total. The second-order valence-corrected chi connectivity index (χ2v) is 5.22. The van der Waals surface area contributed by atoms with Crippen LogP contribution in [0.5, 0.6) is 0 Å². The van der Waals surface area contributed by atoms with Gasteiger partial charge in [-0.25, -0.2) is 0 Å². The number of fused-ring (bicyclic) bond motifs is 1. The lowest BCUT2D eigenvalue weighted by Gasteiger charge is -2.06. The molecule has 0 saturated heterocycles. The van der Waals surface area contributed by atoms with Crippen molar-refractivity contribution >= 4 is 29.2 Å². The number of hydrogen-bond donors (Lipinski definition) is 1. The number of hydrogen-bond acceptors (Lipinski definition) is 4. The van der Waals surface area contributed by atoms with Crippen molar-refractivity contribution in [1.82, 2.24) is 14.9 Å². The Hall–Kier alpha value is -2.47. The first kappa shape index (κ1) is 14.5. The Morgan fingerprint density at radius 3 is 2.95 bits per heavy atom. The monoisotopic (exact) mass is 313 g/mol. The highest BCUT2D eigenvalue weighted by molar-refractivity contribution is 7.71. The molecule has 0 aliphatic heterocycles. The zero-order valence-corrected chi connectivity index (χ0v) is 12.7. The maximum Gasteiger partial charge on any atom is 0.269 e. The van der Waals surface area contributed by atoms with Crippen LogP contribution in [0.3, 0.4) is 0 Å². The number of amides is 1. The normalized spacial score (nSPS) is 10.7. The fraction of sp³-hybridized carbons (Fsp3) is 0.188. The van der Waals surface area contributed by atoms with E-state index < -0.39 is 0 Å². The quantitative estimate of drug-likeness (QED) is 0.735. The van der Waals surface area contributed by atoms with Crippen molar-refractivity contribution in [1.29, 1.82) is 0 Å². The summed E-state index contributed by atoms with van der Waals surface area (Å²) < 4.78 is 7.34. The Morgan fingerprint density at radius 2 is 2.14 bits per heavy atom. The second kappa shape index (κ2) is 6.53. The van der Waals surface area contributed by atoms with Gasteiger partial charge in [-0.05, 0) is 36.0 Å². The summed E-state index contributed by atoms with van der Waals surface area (Å²) in [6, 6.07) is 11.4. The Kier molecular flexibility index (Phi) is 4.29. The van der Waals surface area contributed by atoms with Gasteiger partial charge in [-0.15, -0.1) is 0 Å². The van der Waals surface area contributed by atoms with E-state index in [9.17, 15) is 4.79 Å². The first-order chi connectivity index (χ1) is 10.7. The summed E-state index contributed by atoms with van der Waals surface area (Å²) in [4.78, 5) is 16.4. The van der Waals surface area contributed by atoms with E-state index in [-0.39, 0.29) is 5.91 Å². The zero-order valence-electron chi connectivity index (χ0n) is 11.9. The molecule has 0 saturated carbocycles. The van der Waals surface area contributed by atoms with Crippen molar-refractivity contribution in [2.45, 2.75) is 19.5 Å². The lowest BCUT2D eigenvalue weighted by molar-refractivity contribution is -0.121. The molecule has 3 rings (SSSR count). The van der Waals surface area contributed by atoms with Gasteiger partial charge in [0.25, 0.3) is 4.84 Å². The average Bonchev–Trinajstić information content (AvgIpc) is 2.87. The molecule has 1 amide bonds. The van der Waals surface area contributed by atoms with Crippen molar-refractivity contribution in [2.75, 3.05) is 0 Å². The molecule has 0 aliphatic carbocycles. The molecular formula is C16H15N3O2S. The van der Waals surface area contributed by atoms with Crippen LogP contribution in [0.25, 0.3) is 11.1 Å². The standard InChI is InChI=1S/C16H15N3O2S/c20-15(18-11-12-4-3-8-17-10-12)7-9-19-13-5-1-2-6-14(13)21-16(19)22/h1-6,8,10H,7,9,11H2,(H,18,20). The number of para-hydroxylation sites is 2. The number of nitrogens with zero attached hydrogens (tertiary/aromatic N) is 2. The van der Waals surface area contributed by atoms with Crippen molar-refractivity contribution in [3.05, 3.63) is 59.2 Å². The molecule has 112 valence electrons. The SMILES string of the molecule is O=C(CCn1c(=S)oc2ccccc21)NCc1cccnc1. The van der Waals surface area contributed by atoms with Crippen LogP contribution in [0.15, 0.2) is 53.2 Å².